The number of carbonyl (C=O) groups excluding carboxylic acids is 2. The van der Waals surface area contributed by atoms with Crippen LogP contribution in [0.3, 0.4) is 0 Å². The van der Waals surface area contributed by atoms with Gasteiger partial charge in [-0.2, -0.15) is 4.31 Å². The molecule has 0 saturated carbocycles. The maximum atomic E-state index is 12.9. The maximum Gasteiger partial charge on any atom is 0.243 e. The first-order chi connectivity index (χ1) is 13.1. The summed E-state index contributed by atoms with van der Waals surface area (Å²) in [5.41, 5.74) is 1.76. The highest BCUT2D eigenvalue weighted by Crippen LogP contribution is 2.22. The molecule has 9 heteroatoms. The topological polar surface area (TPSA) is 98.8 Å². The van der Waals surface area contributed by atoms with Crippen LogP contribution in [0.1, 0.15) is 25.0 Å². The second kappa shape index (κ2) is 9.49. The average molecular weight is 411 g/mol. The summed E-state index contributed by atoms with van der Waals surface area (Å²) in [6, 6.07) is 5.34. The summed E-state index contributed by atoms with van der Waals surface area (Å²) in [6.07, 6.45) is 0. The predicted molar refractivity (Wildman–Crippen MR) is 107 cm³/mol. The summed E-state index contributed by atoms with van der Waals surface area (Å²) >= 11 is 0. The number of hydrogen-bond donors (Lipinski definition) is 2. The molecule has 28 heavy (non-hydrogen) atoms. The lowest BCUT2D eigenvalue weighted by molar-refractivity contribution is -0.127. The Bertz CT molecular complexity index is 815. The zero-order valence-corrected chi connectivity index (χ0v) is 17.8. The molecule has 1 aromatic carbocycles. The normalized spacial score (nSPS) is 16.2. The minimum absolute atomic E-state index is 0.0246. The molecule has 1 heterocycles. The van der Waals surface area contributed by atoms with E-state index in [4.69, 9.17) is 0 Å². The molecule has 1 aliphatic heterocycles. The van der Waals surface area contributed by atoms with E-state index in [1.165, 1.54) is 4.31 Å². The van der Waals surface area contributed by atoms with Gasteiger partial charge in [0.25, 0.3) is 0 Å². The predicted octanol–water partition coefficient (Wildman–Crippen LogP) is 0.251. The van der Waals surface area contributed by atoms with Crippen LogP contribution in [0.4, 0.5) is 0 Å². The summed E-state index contributed by atoms with van der Waals surface area (Å²) < 4.78 is 27.3. The van der Waals surface area contributed by atoms with Crippen LogP contribution < -0.4 is 10.6 Å². The monoisotopic (exact) mass is 410 g/mol. The molecule has 2 amide bonds. The van der Waals surface area contributed by atoms with Crippen molar-refractivity contribution in [3.8, 4) is 0 Å². The van der Waals surface area contributed by atoms with Crippen molar-refractivity contribution in [2.75, 3.05) is 39.3 Å². The van der Waals surface area contributed by atoms with E-state index in [0.29, 0.717) is 31.1 Å². The van der Waals surface area contributed by atoms with Gasteiger partial charge < -0.3 is 10.6 Å². The smallest absolute Gasteiger partial charge is 0.243 e. The molecule has 0 spiro atoms. The number of carbonyl (C=O) groups is 2. The molecule has 1 fully saturated rings. The molecule has 0 atom stereocenters. The van der Waals surface area contributed by atoms with E-state index in [-0.39, 0.29) is 30.9 Å². The van der Waals surface area contributed by atoms with Gasteiger partial charge in [0.15, 0.2) is 0 Å². The molecule has 2 rings (SSSR count). The number of piperazine rings is 1. The number of sulfonamides is 1. The van der Waals surface area contributed by atoms with Crippen molar-refractivity contribution >= 4 is 21.8 Å². The molecule has 0 aliphatic carbocycles. The summed E-state index contributed by atoms with van der Waals surface area (Å²) in [5.74, 6) is -0.475. The van der Waals surface area contributed by atoms with E-state index >= 15 is 0 Å². The molecule has 156 valence electrons. The molecule has 1 saturated heterocycles. The SMILES string of the molecule is Cc1ccc(S(=O)(=O)N2CCN(CC(=O)NCC(=O)NC(C)C)CC2)c(C)c1. The Balaban J connectivity index is 1.85. The summed E-state index contributed by atoms with van der Waals surface area (Å²) in [4.78, 5) is 25.8. The highest BCUT2D eigenvalue weighted by atomic mass is 32.2. The van der Waals surface area contributed by atoms with Crippen molar-refractivity contribution in [2.45, 2.75) is 38.6 Å². The Kier molecular flexibility index (Phi) is 7.56. The van der Waals surface area contributed by atoms with Gasteiger partial charge in [-0.15, -0.1) is 0 Å². The van der Waals surface area contributed by atoms with Gasteiger partial charge in [-0.05, 0) is 39.3 Å². The summed E-state index contributed by atoms with van der Waals surface area (Å²) in [7, 11) is -3.54. The third kappa shape index (κ3) is 6.02. The Labute approximate surface area is 167 Å². The fourth-order valence-corrected chi connectivity index (χ4v) is 4.79. The molecule has 0 unspecified atom stereocenters. The van der Waals surface area contributed by atoms with Crippen LogP contribution in [-0.2, 0) is 19.6 Å². The first kappa shape index (κ1) is 22.3. The van der Waals surface area contributed by atoms with E-state index in [1.54, 1.807) is 19.1 Å². The Morgan fingerprint density at radius 1 is 1.07 bits per heavy atom. The van der Waals surface area contributed by atoms with Gasteiger partial charge in [0.1, 0.15) is 0 Å². The zero-order chi connectivity index (χ0) is 20.9. The first-order valence-electron chi connectivity index (χ1n) is 9.45. The van der Waals surface area contributed by atoms with Crippen LogP contribution in [0.25, 0.3) is 0 Å². The highest BCUT2D eigenvalue weighted by Gasteiger charge is 2.30. The van der Waals surface area contributed by atoms with Gasteiger partial charge in [-0.25, -0.2) is 8.42 Å². The van der Waals surface area contributed by atoms with Crippen molar-refractivity contribution in [1.82, 2.24) is 19.8 Å². The summed E-state index contributed by atoms with van der Waals surface area (Å²) in [6.45, 7) is 9.12. The number of amides is 2. The van der Waals surface area contributed by atoms with Gasteiger partial charge >= 0.3 is 0 Å². The third-order valence-corrected chi connectivity index (χ3v) is 6.60. The van der Waals surface area contributed by atoms with Crippen molar-refractivity contribution in [3.05, 3.63) is 29.3 Å². The lowest BCUT2D eigenvalue weighted by Crippen LogP contribution is -2.51. The minimum atomic E-state index is -3.54. The second-order valence-electron chi connectivity index (χ2n) is 7.45. The van der Waals surface area contributed by atoms with Crippen LogP contribution in [0.5, 0.6) is 0 Å². The van der Waals surface area contributed by atoms with Crippen molar-refractivity contribution < 1.29 is 18.0 Å². The largest absolute Gasteiger partial charge is 0.352 e. The second-order valence-corrected chi connectivity index (χ2v) is 9.35. The Hall–Kier alpha value is -1.97. The Morgan fingerprint density at radius 3 is 2.29 bits per heavy atom. The zero-order valence-electron chi connectivity index (χ0n) is 17.0. The van der Waals surface area contributed by atoms with Gasteiger partial charge in [-0.3, -0.25) is 14.5 Å². The quantitative estimate of drug-likeness (QED) is 0.671. The van der Waals surface area contributed by atoms with Crippen LogP contribution >= 0.6 is 0 Å². The molecule has 8 nitrogen and oxygen atoms in total. The van der Waals surface area contributed by atoms with Crippen LogP contribution in [0.15, 0.2) is 23.1 Å². The average Bonchev–Trinajstić information content (AvgIpc) is 2.59. The first-order valence-corrected chi connectivity index (χ1v) is 10.9. The lowest BCUT2D eigenvalue weighted by atomic mass is 10.2. The summed E-state index contributed by atoms with van der Waals surface area (Å²) in [5, 5.41) is 5.30. The molecule has 1 aromatic rings. The third-order valence-electron chi connectivity index (χ3n) is 4.54. The molecular formula is C19H30N4O4S. The number of nitrogens with zero attached hydrogens (tertiary/aromatic N) is 2. The number of aryl methyl sites for hydroxylation is 2. The molecular weight excluding hydrogens is 380 g/mol. The molecule has 0 radical (unpaired) electrons. The maximum absolute atomic E-state index is 12.9. The Morgan fingerprint density at radius 2 is 1.71 bits per heavy atom. The van der Waals surface area contributed by atoms with Gasteiger partial charge in [0.05, 0.1) is 18.0 Å². The molecule has 0 bridgehead atoms. The standard InChI is InChI=1S/C19H30N4O4S/c1-14(2)21-18(24)12-20-19(25)13-22-7-9-23(10-8-22)28(26,27)17-6-5-15(3)11-16(17)4/h5-6,11,14H,7-10,12-13H2,1-4H3,(H,20,25)(H,21,24). The van der Waals surface area contributed by atoms with Crippen LogP contribution in [0, 0.1) is 13.8 Å². The molecule has 1 aliphatic rings. The van der Waals surface area contributed by atoms with Crippen molar-refractivity contribution in [3.63, 3.8) is 0 Å². The highest BCUT2D eigenvalue weighted by molar-refractivity contribution is 7.89. The van der Waals surface area contributed by atoms with E-state index in [0.717, 1.165) is 11.1 Å². The fourth-order valence-electron chi connectivity index (χ4n) is 3.17. The van der Waals surface area contributed by atoms with Gasteiger partial charge in [0, 0.05) is 32.2 Å². The van der Waals surface area contributed by atoms with Crippen molar-refractivity contribution in [2.24, 2.45) is 0 Å². The van der Waals surface area contributed by atoms with Crippen LogP contribution in [0.2, 0.25) is 0 Å². The van der Waals surface area contributed by atoms with E-state index in [2.05, 4.69) is 10.6 Å². The van der Waals surface area contributed by atoms with E-state index in [1.807, 2.05) is 31.7 Å². The van der Waals surface area contributed by atoms with Crippen molar-refractivity contribution in [1.29, 1.82) is 0 Å². The fraction of sp³-hybridized carbons (Fsp3) is 0.579. The van der Waals surface area contributed by atoms with Gasteiger partial charge in [0.2, 0.25) is 21.8 Å². The minimum Gasteiger partial charge on any atom is -0.352 e. The number of nitrogens with one attached hydrogen (secondary N) is 2. The number of hydrogen-bond acceptors (Lipinski definition) is 5. The van der Waals surface area contributed by atoms with E-state index in [9.17, 15) is 18.0 Å². The van der Waals surface area contributed by atoms with Crippen LogP contribution in [-0.4, -0.2) is 74.7 Å². The van der Waals surface area contributed by atoms with Gasteiger partial charge in [-0.1, -0.05) is 17.7 Å². The van der Waals surface area contributed by atoms with E-state index < -0.39 is 10.0 Å². The number of rotatable bonds is 7. The molecule has 0 aromatic heterocycles. The lowest BCUT2D eigenvalue weighted by Gasteiger charge is -2.33. The number of benzene rings is 1. The molecule has 2 N–H and O–H groups in total.